The van der Waals surface area contributed by atoms with Crippen molar-refractivity contribution in [2.75, 3.05) is 12.3 Å². The minimum absolute atomic E-state index is 0.0140. The van der Waals surface area contributed by atoms with E-state index in [-0.39, 0.29) is 5.91 Å². The molecule has 2 aliphatic carbocycles. The van der Waals surface area contributed by atoms with Crippen molar-refractivity contribution in [1.82, 2.24) is 5.32 Å². The summed E-state index contributed by atoms with van der Waals surface area (Å²) in [6.45, 7) is 0.789. The van der Waals surface area contributed by atoms with Crippen molar-refractivity contribution in [3.63, 3.8) is 0 Å². The zero-order valence-corrected chi connectivity index (χ0v) is 17.1. The first-order valence-corrected chi connectivity index (χ1v) is 10.9. The lowest BCUT2D eigenvalue weighted by Gasteiger charge is -2.24. The normalized spacial score (nSPS) is 15.6. The molecule has 0 heterocycles. The molecule has 152 valence electrons. The Labute approximate surface area is 177 Å². The van der Waals surface area contributed by atoms with Gasteiger partial charge in [-0.1, -0.05) is 18.2 Å². The van der Waals surface area contributed by atoms with Crippen molar-refractivity contribution in [2.45, 2.75) is 38.5 Å². The van der Waals surface area contributed by atoms with Gasteiger partial charge in [-0.25, -0.2) is 0 Å². The second kappa shape index (κ2) is 7.60. The second-order valence-electron chi connectivity index (χ2n) is 8.63. The van der Waals surface area contributed by atoms with Crippen molar-refractivity contribution in [3.8, 4) is 11.1 Å². The monoisotopic (exact) mass is 397 g/mol. The van der Waals surface area contributed by atoms with E-state index in [0.29, 0.717) is 17.2 Å². The molecular formula is C26H27N3O. The van der Waals surface area contributed by atoms with E-state index >= 15 is 0 Å². The number of hydrogen-bond acceptors (Lipinski definition) is 3. The highest BCUT2D eigenvalue weighted by Crippen LogP contribution is 2.39. The predicted octanol–water partition coefficient (Wildman–Crippen LogP) is 5.11. The summed E-state index contributed by atoms with van der Waals surface area (Å²) in [4.78, 5) is 12.4. The van der Waals surface area contributed by atoms with Gasteiger partial charge in [0.2, 0.25) is 0 Å². The van der Waals surface area contributed by atoms with E-state index in [1.807, 2.05) is 18.2 Å². The zero-order chi connectivity index (χ0) is 20.7. The molecule has 30 heavy (non-hydrogen) atoms. The fraction of sp³-hybridized carbons (Fsp3) is 0.308. The molecule has 3 aromatic rings. The van der Waals surface area contributed by atoms with Gasteiger partial charge in [-0.05, 0) is 102 Å². The minimum Gasteiger partial charge on any atom is -0.398 e. The molecule has 1 amide bonds. The number of hydrogen-bond donors (Lipinski definition) is 3. The highest BCUT2D eigenvalue weighted by molar-refractivity contribution is 6.07. The molecule has 0 aliphatic heterocycles. The van der Waals surface area contributed by atoms with E-state index in [1.54, 1.807) is 0 Å². The van der Waals surface area contributed by atoms with Gasteiger partial charge in [-0.2, -0.15) is 0 Å². The molecule has 5 rings (SSSR count). The summed E-state index contributed by atoms with van der Waals surface area (Å²) in [5.74, 6) is 0.692. The van der Waals surface area contributed by atoms with E-state index in [2.05, 4.69) is 29.6 Å². The molecule has 2 aliphatic rings. The first-order chi connectivity index (χ1) is 14.7. The second-order valence-corrected chi connectivity index (χ2v) is 8.63. The van der Waals surface area contributed by atoms with Gasteiger partial charge >= 0.3 is 0 Å². The van der Waals surface area contributed by atoms with E-state index in [0.717, 1.165) is 47.7 Å². The zero-order valence-electron chi connectivity index (χ0n) is 17.1. The van der Waals surface area contributed by atoms with Crippen LogP contribution in [0.2, 0.25) is 0 Å². The Morgan fingerprint density at radius 2 is 1.80 bits per heavy atom. The summed E-state index contributed by atoms with van der Waals surface area (Å²) in [5, 5.41) is 13.2. The number of anilines is 1. The number of nitrogen functional groups attached to an aromatic ring is 1. The number of nitrogens with two attached hydrogens (primary N) is 1. The lowest BCUT2D eigenvalue weighted by molar-refractivity contribution is 0.0952. The van der Waals surface area contributed by atoms with Gasteiger partial charge in [0, 0.05) is 29.6 Å². The van der Waals surface area contributed by atoms with Crippen LogP contribution in [0.5, 0.6) is 0 Å². The van der Waals surface area contributed by atoms with Crippen LogP contribution in [0.4, 0.5) is 5.69 Å². The smallest absolute Gasteiger partial charge is 0.251 e. The summed E-state index contributed by atoms with van der Waals surface area (Å²) in [5.41, 5.74) is 13.5. The van der Waals surface area contributed by atoms with Crippen LogP contribution in [0.25, 0.3) is 21.9 Å². The molecule has 4 nitrogen and oxygen atoms in total. The van der Waals surface area contributed by atoms with Crippen LogP contribution in [-0.4, -0.2) is 18.7 Å². The first-order valence-electron chi connectivity index (χ1n) is 10.9. The molecular weight excluding hydrogens is 370 g/mol. The van der Waals surface area contributed by atoms with Crippen LogP contribution in [0, 0.1) is 11.3 Å². The average Bonchev–Trinajstić information content (AvgIpc) is 3.62. The molecule has 0 bridgehead atoms. The lowest BCUT2D eigenvalue weighted by atomic mass is 9.81. The van der Waals surface area contributed by atoms with E-state index < -0.39 is 0 Å². The fourth-order valence-electron chi connectivity index (χ4n) is 4.71. The fourth-order valence-corrected chi connectivity index (χ4v) is 4.71. The van der Waals surface area contributed by atoms with Crippen LogP contribution in [-0.2, 0) is 12.8 Å². The Balaban J connectivity index is 1.56. The summed E-state index contributed by atoms with van der Waals surface area (Å²) in [6.07, 6.45) is 8.26. The molecule has 4 N–H and O–H groups in total. The lowest BCUT2D eigenvalue weighted by Crippen LogP contribution is -2.25. The molecule has 4 heteroatoms. The quantitative estimate of drug-likeness (QED) is 0.413. The highest BCUT2D eigenvalue weighted by Gasteiger charge is 2.22. The van der Waals surface area contributed by atoms with Gasteiger partial charge in [0.1, 0.15) is 0 Å². The van der Waals surface area contributed by atoms with Crippen molar-refractivity contribution in [1.29, 1.82) is 5.41 Å². The third-order valence-corrected chi connectivity index (χ3v) is 6.56. The Bertz CT molecular complexity index is 1140. The summed E-state index contributed by atoms with van der Waals surface area (Å²) < 4.78 is 0. The maximum absolute atomic E-state index is 12.4. The van der Waals surface area contributed by atoms with Crippen LogP contribution in [0.15, 0.2) is 42.5 Å². The molecule has 0 unspecified atom stereocenters. The molecule has 0 radical (unpaired) electrons. The third-order valence-electron chi connectivity index (χ3n) is 6.56. The Morgan fingerprint density at radius 1 is 1.07 bits per heavy atom. The van der Waals surface area contributed by atoms with Gasteiger partial charge in [-0.15, -0.1) is 0 Å². The number of aryl methyl sites for hydroxylation is 1. The maximum atomic E-state index is 12.4. The predicted molar refractivity (Wildman–Crippen MR) is 123 cm³/mol. The Hall–Kier alpha value is -3.14. The molecule has 0 spiro atoms. The van der Waals surface area contributed by atoms with Gasteiger partial charge in [0.15, 0.2) is 0 Å². The summed E-state index contributed by atoms with van der Waals surface area (Å²) in [6, 6.07) is 14.2. The highest BCUT2D eigenvalue weighted by atomic mass is 16.1. The van der Waals surface area contributed by atoms with Gasteiger partial charge in [-0.3, -0.25) is 4.79 Å². The number of rotatable bonds is 5. The third kappa shape index (κ3) is 3.36. The number of carbonyl (C=O) groups excluding carboxylic acids is 1. The maximum Gasteiger partial charge on any atom is 0.251 e. The standard InChI is InChI=1S/C26H27N3O/c27-14-23-24(28)12-11-19-13-22(20-3-1-2-4-21(20)25(19)23)17-7-9-18(10-8-17)26(30)29-15-16-5-6-16/h7-14,16,27H,1-6,15,28H2,(H,29,30). The first kappa shape index (κ1) is 18.9. The van der Waals surface area contributed by atoms with Crippen LogP contribution >= 0.6 is 0 Å². The van der Waals surface area contributed by atoms with Gasteiger partial charge in [0.25, 0.3) is 5.91 Å². The van der Waals surface area contributed by atoms with Crippen molar-refractivity contribution < 1.29 is 4.79 Å². The number of nitrogens with one attached hydrogen (secondary N) is 2. The number of carbonyl (C=O) groups is 1. The van der Waals surface area contributed by atoms with E-state index in [9.17, 15) is 4.79 Å². The van der Waals surface area contributed by atoms with Crippen molar-refractivity contribution in [3.05, 3.63) is 64.7 Å². The Morgan fingerprint density at radius 3 is 2.50 bits per heavy atom. The van der Waals surface area contributed by atoms with Crippen LogP contribution in [0.3, 0.4) is 0 Å². The largest absolute Gasteiger partial charge is 0.398 e. The molecule has 0 atom stereocenters. The number of amides is 1. The van der Waals surface area contributed by atoms with E-state index in [1.165, 1.54) is 42.2 Å². The molecule has 0 saturated heterocycles. The molecule has 1 fully saturated rings. The summed E-state index contributed by atoms with van der Waals surface area (Å²) in [7, 11) is 0. The van der Waals surface area contributed by atoms with E-state index in [4.69, 9.17) is 11.1 Å². The summed E-state index contributed by atoms with van der Waals surface area (Å²) >= 11 is 0. The van der Waals surface area contributed by atoms with Crippen molar-refractivity contribution >= 4 is 28.6 Å². The topological polar surface area (TPSA) is 79.0 Å². The van der Waals surface area contributed by atoms with Gasteiger partial charge < -0.3 is 16.5 Å². The minimum atomic E-state index is 0.0140. The number of benzene rings is 3. The van der Waals surface area contributed by atoms with Crippen molar-refractivity contribution in [2.24, 2.45) is 5.92 Å². The molecule has 3 aromatic carbocycles. The Kier molecular flexibility index (Phi) is 4.78. The average molecular weight is 398 g/mol. The molecule has 0 aromatic heterocycles. The van der Waals surface area contributed by atoms with Gasteiger partial charge in [0.05, 0.1) is 0 Å². The number of fused-ring (bicyclic) bond motifs is 3. The van der Waals surface area contributed by atoms with Crippen LogP contribution < -0.4 is 11.1 Å². The SMILES string of the molecule is N=Cc1c(N)ccc2cc(-c3ccc(C(=O)NCC4CC4)cc3)c3c(c12)CCCC3. The van der Waals surface area contributed by atoms with Crippen LogP contribution in [0.1, 0.15) is 52.7 Å². The molecule has 1 saturated carbocycles.